The number of hydrogen-bond acceptors (Lipinski definition) is 6. The minimum Gasteiger partial charge on any atom is -0.459 e. The molecule has 0 saturated carbocycles. The quantitative estimate of drug-likeness (QED) is 0.872. The standard InChI is InChI=1S/C14H16N2O5S2/c17-14(12-2-1-7-21-12)15-10-11-3-4-13(22-11)23(18,19)16-5-8-20-9-6-16/h1-4,7H,5-6,8-10H2,(H,15,17). The first-order valence-electron chi connectivity index (χ1n) is 7.06. The molecule has 0 unspecified atom stereocenters. The van der Waals surface area contributed by atoms with Crippen LogP contribution in [0.4, 0.5) is 0 Å². The van der Waals surface area contributed by atoms with Crippen LogP contribution in [0.2, 0.25) is 0 Å². The summed E-state index contributed by atoms with van der Waals surface area (Å²) in [7, 11) is -3.48. The van der Waals surface area contributed by atoms with E-state index in [0.717, 1.165) is 16.2 Å². The SMILES string of the molecule is O=C(NCc1ccc(S(=O)(=O)N2CCOCC2)s1)c1ccco1. The monoisotopic (exact) mass is 356 g/mol. The summed E-state index contributed by atoms with van der Waals surface area (Å²) < 4.78 is 36.9. The Bertz CT molecular complexity index is 761. The number of ether oxygens (including phenoxy) is 1. The largest absolute Gasteiger partial charge is 0.459 e. The first-order chi connectivity index (χ1) is 11.1. The lowest BCUT2D eigenvalue weighted by molar-refractivity contribution is 0.0731. The van der Waals surface area contributed by atoms with Crippen LogP contribution in [0.25, 0.3) is 0 Å². The van der Waals surface area contributed by atoms with Crippen molar-refractivity contribution in [3.05, 3.63) is 41.2 Å². The van der Waals surface area contributed by atoms with Crippen LogP contribution in [0, 0.1) is 0 Å². The van der Waals surface area contributed by atoms with E-state index in [1.807, 2.05) is 0 Å². The lowest BCUT2D eigenvalue weighted by Gasteiger charge is -2.25. The Kier molecular flexibility index (Phi) is 4.81. The number of nitrogens with zero attached hydrogens (tertiary/aromatic N) is 1. The number of furan rings is 1. The Morgan fingerprint density at radius 2 is 2.04 bits per heavy atom. The van der Waals surface area contributed by atoms with Gasteiger partial charge in [0, 0.05) is 18.0 Å². The molecule has 9 heteroatoms. The summed E-state index contributed by atoms with van der Waals surface area (Å²) in [5.41, 5.74) is 0. The van der Waals surface area contributed by atoms with Crippen molar-refractivity contribution in [2.45, 2.75) is 10.8 Å². The summed E-state index contributed by atoms with van der Waals surface area (Å²) in [6.45, 7) is 1.81. The molecule has 23 heavy (non-hydrogen) atoms. The number of rotatable bonds is 5. The van der Waals surface area contributed by atoms with Crippen LogP contribution < -0.4 is 5.32 Å². The van der Waals surface area contributed by atoms with Gasteiger partial charge in [0.05, 0.1) is 26.0 Å². The fourth-order valence-electron chi connectivity index (χ4n) is 2.17. The van der Waals surface area contributed by atoms with Gasteiger partial charge in [-0.15, -0.1) is 11.3 Å². The summed E-state index contributed by atoms with van der Waals surface area (Å²) >= 11 is 1.16. The normalized spacial score (nSPS) is 16.3. The molecule has 0 bridgehead atoms. The molecule has 1 aliphatic heterocycles. The van der Waals surface area contributed by atoms with Crippen molar-refractivity contribution < 1.29 is 22.4 Å². The number of hydrogen-bond donors (Lipinski definition) is 1. The van der Waals surface area contributed by atoms with Crippen LogP contribution in [-0.4, -0.2) is 44.9 Å². The summed E-state index contributed by atoms with van der Waals surface area (Å²) in [5.74, 6) is -0.108. The lowest BCUT2D eigenvalue weighted by Crippen LogP contribution is -2.40. The highest BCUT2D eigenvalue weighted by Crippen LogP contribution is 2.25. The average Bonchev–Trinajstić information content (AvgIpc) is 3.25. The first kappa shape index (κ1) is 16.2. The van der Waals surface area contributed by atoms with E-state index in [0.29, 0.717) is 26.3 Å². The zero-order chi connectivity index (χ0) is 16.3. The highest BCUT2D eigenvalue weighted by atomic mass is 32.2. The molecule has 0 atom stereocenters. The van der Waals surface area contributed by atoms with E-state index in [9.17, 15) is 13.2 Å². The Hall–Kier alpha value is -1.68. The zero-order valence-electron chi connectivity index (χ0n) is 12.2. The van der Waals surface area contributed by atoms with Crippen LogP contribution >= 0.6 is 11.3 Å². The van der Waals surface area contributed by atoms with E-state index in [2.05, 4.69) is 5.32 Å². The van der Waals surface area contributed by atoms with Crippen LogP contribution in [0.3, 0.4) is 0 Å². The van der Waals surface area contributed by atoms with Crippen molar-refractivity contribution in [3.8, 4) is 0 Å². The fourth-order valence-corrected chi connectivity index (χ4v) is 5.03. The molecule has 0 aromatic carbocycles. The maximum absolute atomic E-state index is 12.5. The number of nitrogens with one attached hydrogen (secondary N) is 1. The van der Waals surface area contributed by atoms with E-state index in [1.165, 1.54) is 10.6 Å². The third kappa shape index (κ3) is 3.63. The molecule has 1 amide bonds. The molecule has 7 nitrogen and oxygen atoms in total. The van der Waals surface area contributed by atoms with Gasteiger partial charge in [0.2, 0.25) is 0 Å². The van der Waals surface area contributed by atoms with Gasteiger partial charge in [0.15, 0.2) is 5.76 Å². The molecule has 1 N–H and O–H groups in total. The first-order valence-corrected chi connectivity index (χ1v) is 9.31. The van der Waals surface area contributed by atoms with Gasteiger partial charge in [-0.05, 0) is 24.3 Å². The second-order valence-electron chi connectivity index (χ2n) is 4.90. The second kappa shape index (κ2) is 6.83. The second-order valence-corrected chi connectivity index (χ2v) is 8.23. The molecule has 2 aromatic rings. The van der Waals surface area contributed by atoms with Crippen LogP contribution in [0.5, 0.6) is 0 Å². The average molecular weight is 356 g/mol. The number of carbonyl (C=O) groups is 1. The van der Waals surface area contributed by atoms with Crippen molar-refractivity contribution in [3.63, 3.8) is 0 Å². The van der Waals surface area contributed by atoms with Crippen LogP contribution in [0.1, 0.15) is 15.4 Å². The van der Waals surface area contributed by atoms with Crippen LogP contribution in [-0.2, 0) is 21.3 Å². The molecular weight excluding hydrogens is 340 g/mol. The summed E-state index contributed by atoms with van der Waals surface area (Å²) in [6.07, 6.45) is 1.42. The van der Waals surface area contributed by atoms with Gasteiger partial charge >= 0.3 is 0 Å². The number of thiophene rings is 1. The smallest absolute Gasteiger partial charge is 0.287 e. The molecule has 124 valence electrons. The summed E-state index contributed by atoms with van der Waals surface area (Å²) in [4.78, 5) is 12.6. The number of carbonyl (C=O) groups excluding carboxylic acids is 1. The fraction of sp³-hybridized carbons (Fsp3) is 0.357. The summed E-state index contributed by atoms with van der Waals surface area (Å²) in [5, 5.41) is 2.69. The molecule has 1 aliphatic rings. The van der Waals surface area contributed by atoms with Gasteiger partial charge in [0.25, 0.3) is 15.9 Å². The predicted molar refractivity (Wildman–Crippen MR) is 83.8 cm³/mol. The number of morpholine rings is 1. The van der Waals surface area contributed by atoms with E-state index >= 15 is 0 Å². The van der Waals surface area contributed by atoms with E-state index < -0.39 is 10.0 Å². The van der Waals surface area contributed by atoms with Crippen LogP contribution in [0.15, 0.2) is 39.2 Å². The molecule has 1 fully saturated rings. The Balaban J connectivity index is 1.64. The van der Waals surface area contributed by atoms with Crippen molar-refractivity contribution in [1.82, 2.24) is 9.62 Å². The highest BCUT2D eigenvalue weighted by molar-refractivity contribution is 7.91. The molecule has 1 saturated heterocycles. The van der Waals surface area contributed by atoms with Gasteiger partial charge in [-0.2, -0.15) is 4.31 Å². The number of sulfonamides is 1. The topological polar surface area (TPSA) is 88.9 Å². The van der Waals surface area contributed by atoms with E-state index in [-0.39, 0.29) is 22.4 Å². The maximum atomic E-state index is 12.5. The zero-order valence-corrected chi connectivity index (χ0v) is 13.9. The predicted octanol–water partition coefficient (Wildman–Crippen LogP) is 1.29. The molecule has 0 spiro atoms. The Morgan fingerprint density at radius 1 is 1.26 bits per heavy atom. The molecule has 0 aliphatic carbocycles. The molecule has 3 heterocycles. The van der Waals surface area contributed by atoms with Crippen molar-refractivity contribution in [2.24, 2.45) is 0 Å². The number of amides is 1. The van der Waals surface area contributed by atoms with Gasteiger partial charge in [-0.3, -0.25) is 4.79 Å². The Labute approximate surface area is 137 Å². The van der Waals surface area contributed by atoms with E-state index in [4.69, 9.17) is 9.15 Å². The van der Waals surface area contributed by atoms with Crippen molar-refractivity contribution in [1.29, 1.82) is 0 Å². The summed E-state index contributed by atoms with van der Waals surface area (Å²) in [6, 6.07) is 6.48. The molecule has 3 rings (SSSR count). The van der Waals surface area contributed by atoms with Gasteiger partial charge < -0.3 is 14.5 Å². The van der Waals surface area contributed by atoms with Crippen molar-refractivity contribution >= 4 is 27.3 Å². The van der Waals surface area contributed by atoms with Gasteiger partial charge in [0.1, 0.15) is 4.21 Å². The third-order valence-corrected chi connectivity index (χ3v) is 6.82. The van der Waals surface area contributed by atoms with E-state index in [1.54, 1.807) is 24.3 Å². The third-order valence-electron chi connectivity index (χ3n) is 3.37. The Morgan fingerprint density at radius 3 is 2.74 bits per heavy atom. The minimum atomic E-state index is -3.48. The minimum absolute atomic E-state index is 0.225. The van der Waals surface area contributed by atoms with Gasteiger partial charge in [-0.25, -0.2) is 8.42 Å². The lowest BCUT2D eigenvalue weighted by atomic mass is 10.4. The molecular formula is C14H16N2O5S2. The molecule has 2 aromatic heterocycles. The van der Waals surface area contributed by atoms with Crippen molar-refractivity contribution in [2.75, 3.05) is 26.3 Å². The molecule has 0 radical (unpaired) electrons. The van der Waals surface area contributed by atoms with Gasteiger partial charge in [-0.1, -0.05) is 0 Å². The maximum Gasteiger partial charge on any atom is 0.287 e. The highest BCUT2D eigenvalue weighted by Gasteiger charge is 2.27.